The second-order valence-corrected chi connectivity index (χ2v) is 6.41. The number of hydrogen-bond donors (Lipinski definition) is 1. The Kier molecular flexibility index (Phi) is 14.3. The lowest BCUT2D eigenvalue weighted by Crippen LogP contribution is -2.34. The topological polar surface area (TPSA) is 55.5 Å². The molecule has 134 valence electrons. The molecule has 0 saturated carbocycles. The van der Waals surface area contributed by atoms with E-state index in [9.17, 15) is 0 Å². The van der Waals surface area contributed by atoms with Gasteiger partial charge in [-0.2, -0.15) is 0 Å². The summed E-state index contributed by atoms with van der Waals surface area (Å²) in [6.45, 7) is 16.3. The molecule has 0 amide bonds. The molecule has 2 atom stereocenters. The maximum absolute atomic E-state index is 7.47. The van der Waals surface area contributed by atoms with E-state index < -0.39 is 8.53 Å². The molecule has 1 N–H and O–H groups in total. The van der Waals surface area contributed by atoms with Crippen LogP contribution in [0.25, 0.3) is 4.85 Å². The van der Waals surface area contributed by atoms with Crippen molar-refractivity contribution in [2.24, 2.45) is 0 Å². The summed E-state index contributed by atoms with van der Waals surface area (Å²) in [5.41, 5.74) is 0. The maximum Gasteiger partial charge on any atom is 0.259 e. The van der Waals surface area contributed by atoms with Crippen LogP contribution in [0.2, 0.25) is 0 Å². The van der Waals surface area contributed by atoms with E-state index >= 15 is 0 Å². The van der Waals surface area contributed by atoms with Crippen LogP contribution in [0.15, 0.2) is 0 Å². The van der Waals surface area contributed by atoms with Crippen LogP contribution in [-0.4, -0.2) is 62.9 Å². The molecule has 0 bridgehead atoms. The normalized spacial score (nSPS) is 14.3. The van der Waals surface area contributed by atoms with Gasteiger partial charge in [-0.05, 0) is 34.6 Å². The number of nitrogens with zero attached hydrogens (tertiary/aromatic N) is 2. The number of terminal acetylenes is 1. The minimum Gasteiger partial charge on any atom is -0.400 e. The Balaban J connectivity index is 0. The summed E-state index contributed by atoms with van der Waals surface area (Å²) in [6.07, 6.45) is 4.79. The zero-order chi connectivity index (χ0) is 19.7. The Morgan fingerprint density at radius 1 is 1.43 bits per heavy atom. The van der Waals surface area contributed by atoms with Crippen molar-refractivity contribution in [1.82, 2.24) is 4.67 Å². The summed E-state index contributed by atoms with van der Waals surface area (Å²) in [4.78, 5) is 3.29. The van der Waals surface area contributed by atoms with Crippen LogP contribution in [0.4, 0.5) is 0 Å². The summed E-state index contributed by atoms with van der Waals surface area (Å²) in [6, 6.07) is 0.500. The van der Waals surface area contributed by atoms with Gasteiger partial charge in [0.2, 0.25) is 7.98 Å². The fraction of sp³-hybridized carbons (Fsp3) is 0.812. The largest absolute Gasteiger partial charge is 0.400 e. The van der Waals surface area contributed by atoms with E-state index in [4.69, 9.17) is 29.6 Å². The Morgan fingerprint density at radius 2 is 2.04 bits per heavy atom. The molecule has 6 nitrogen and oxygen atoms in total. The van der Waals surface area contributed by atoms with Crippen molar-refractivity contribution < 1.29 is 20.3 Å². The molecule has 0 fully saturated rings. The minimum atomic E-state index is -1.29. The van der Waals surface area contributed by atoms with Crippen LogP contribution in [0.5, 0.6) is 0 Å². The van der Waals surface area contributed by atoms with Gasteiger partial charge in [0, 0.05) is 20.6 Å². The van der Waals surface area contributed by atoms with E-state index in [-0.39, 0.29) is 38.3 Å². The summed E-state index contributed by atoms with van der Waals surface area (Å²) < 4.78 is 32.3. The molecule has 1 unspecified atom stereocenters. The van der Waals surface area contributed by atoms with E-state index in [1.54, 1.807) is 0 Å². The number of aliphatic hydroxyl groups excluding tert-OH is 1. The lowest BCUT2D eigenvalue weighted by molar-refractivity contribution is 0.0443. The van der Waals surface area contributed by atoms with E-state index in [1.165, 1.54) is 7.11 Å². The van der Waals surface area contributed by atoms with Crippen molar-refractivity contribution in [1.29, 1.82) is 1.43 Å². The van der Waals surface area contributed by atoms with Crippen molar-refractivity contribution in [3.8, 4) is 12.3 Å². The van der Waals surface area contributed by atoms with Crippen molar-refractivity contribution in [2.45, 2.75) is 52.8 Å². The third-order valence-corrected chi connectivity index (χ3v) is 4.50. The van der Waals surface area contributed by atoms with Gasteiger partial charge in [-0.3, -0.25) is 0 Å². The highest BCUT2D eigenvalue weighted by Crippen LogP contribution is 2.45. The molecule has 0 aromatic rings. The van der Waals surface area contributed by atoms with Gasteiger partial charge in [0.25, 0.3) is 8.53 Å². The minimum absolute atomic E-state index is 0.0796. The average Bonchev–Trinajstić information content (AvgIpc) is 2.54. The van der Waals surface area contributed by atoms with E-state index in [2.05, 4.69) is 48.2 Å². The number of aliphatic hydroxyl groups is 1. The second-order valence-electron chi connectivity index (χ2n) is 4.95. The monoisotopic (exact) mass is 349 g/mol. The van der Waals surface area contributed by atoms with E-state index in [0.29, 0.717) is 13.2 Å². The highest BCUT2D eigenvalue weighted by atomic mass is 31.2. The first-order valence-corrected chi connectivity index (χ1v) is 8.53. The average molecular weight is 349 g/mol. The second kappa shape index (κ2) is 16.1. The summed E-state index contributed by atoms with van der Waals surface area (Å²) in [5.74, 6) is 2.39. The molecular formula is C16H31N2O4P. The van der Waals surface area contributed by atoms with Crippen LogP contribution >= 0.6 is 8.53 Å². The molecule has 0 rings (SSSR count). The van der Waals surface area contributed by atoms with Gasteiger partial charge in [0.15, 0.2) is 0 Å². The maximum atomic E-state index is 7.47. The van der Waals surface area contributed by atoms with Crippen LogP contribution in [0.1, 0.15) is 36.0 Å². The molecule has 0 aliphatic heterocycles. The Bertz CT molecular complexity index is 381. The molecule has 0 saturated heterocycles. The number of ether oxygens (including phenoxy) is 1. The fourth-order valence-electron chi connectivity index (χ4n) is 1.67. The highest BCUT2D eigenvalue weighted by Gasteiger charge is 2.27. The zero-order valence-corrected chi connectivity index (χ0v) is 15.7. The molecule has 0 heterocycles. The van der Waals surface area contributed by atoms with E-state index in [1.807, 2.05) is 0 Å². The lowest BCUT2D eigenvalue weighted by Gasteiger charge is -2.35. The summed E-state index contributed by atoms with van der Waals surface area (Å²) in [5, 5.41) is 3.50. The fourth-order valence-corrected chi connectivity index (χ4v) is 3.30. The highest BCUT2D eigenvalue weighted by molar-refractivity contribution is 7.44. The standard InChI is InChI=1S/C15H27N2O3P.CH4O/c1-8-10-18-15(6)12-20-21(19-11-9-16-7)17(13(2)3)14(4)5;1-2/h1,13-15H,9-12H2,2-6H3;2H,1H3/t15-,21?;/m1./s1/i6D;2T. The lowest BCUT2D eigenvalue weighted by atomic mass is 10.3. The molecule has 0 aliphatic rings. The third-order valence-electron chi connectivity index (χ3n) is 2.42. The van der Waals surface area contributed by atoms with Crippen molar-refractivity contribution in [3.63, 3.8) is 0 Å². The summed E-state index contributed by atoms with van der Waals surface area (Å²) >= 11 is 0. The first kappa shape index (κ1) is 20.3. The third kappa shape index (κ3) is 12.4. The molecular weight excluding hydrogens is 315 g/mol. The van der Waals surface area contributed by atoms with Gasteiger partial charge in [-0.15, -0.1) is 6.42 Å². The predicted octanol–water partition coefficient (Wildman–Crippen LogP) is 2.93. The van der Waals surface area contributed by atoms with Crippen molar-refractivity contribution >= 4 is 8.53 Å². The smallest absolute Gasteiger partial charge is 0.259 e. The first-order chi connectivity index (χ1) is 11.9. The number of hydrogen-bond acceptors (Lipinski definition) is 5. The van der Waals surface area contributed by atoms with Crippen LogP contribution in [-0.2, 0) is 13.8 Å². The van der Waals surface area contributed by atoms with Crippen LogP contribution < -0.4 is 0 Å². The molecule has 7 heteroatoms. The Hall–Kier alpha value is -0.720. The van der Waals surface area contributed by atoms with Gasteiger partial charge >= 0.3 is 0 Å². The van der Waals surface area contributed by atoms with Gasteiger partial charge in [0.1, 0.15) is 13.2 Å². The Morgan fingerprint density at radius 3 is 2.48 bits per heavy atom. The van der Waals surface area contributed by atoms with Crippen molar-refractivity contribution in [2.75, 3.05) is 33.5 Å². The van der Waals surface area contributed by atoms with Crippen LogP contribution in [0.3, 0.4) is 0 Å². The zero-order valence-electron chi connectivity index (χ0n) is 16.8. The first-order valence-electron chi connectivity index (χ1n) is 8.51. The van der Waals surface area contributed by atoms with Crippen LogP contribution in [0, 0.1) is 18.9 Å². The number of rotatable bonds is 11. The molecule has 0 aliphatic carbocycles. The van der Waals surface area contributed by atoms with Gasteiger partial charge in [-0.25, -0.2) is 11.2 Å². The quantitative estimate of drug-likeness (QED) is 0.269. The van der Waals surface area contributed by atoms with Crippen molar-refractivity contribution in [3.05, 3.63) is 11.4 Å². The molecule has 0 radical (unpaired) electrons. The van der Waals surface area contributed by atoms with Gasteiger partial charge < -0.3 is 23.7 Å². The molecule has 23 heavy (non-hydrogen) atoms. The van der Waals surface area contributed by atoms with E-state index in [0.717, 1.165) is 0 Å². The molecule has 0 aromatic heterocycles. The molecule has 0 spiro atoms. The molecule has 0 aromatic carbocycles. The Labute approximate surface area is 145 Å². The van der Waals surface area contributed by atoms with Gasteiger partial charge in [-0.1, -0.05) is 5.92 Å². The predicted molar refractivity (Wildman–Crippen MR) is 94.8 cm³/mol. The SMILES string of the molecule is [2H]C[C@H](COP(OCC[N+]#[C-])N(C(C)C)C(C)C)OCC#C.[3H]OC. The van der Waals surface area contributed by atoms with Gasteiger partial charge in [0.05, 0.1) is 12.7 Å². The summed E-state index contributed by atoms with van der Waals surface area (Å²) in [7, 11) is -0.00114.